The molecule has 0 aliphatic rings. The third-order valence-electron chi connectivity index (χ3n) is 3.25. The Morgan fingerprint density at radius 2 is 2.04 bits per heavy atom. The molecule has 1 aromatic carbocycles. The third-order valence-corrected chi connectivity index (χ3v) is 4.16. The van der Waals surface area contributed by atoms with Crippen molar-refractivity contribution in [3.8, 4) is 11.4 Å². The predicted molar refractivity (Wildman–Crippen MR) is 88.7 cm³/mol. The van der Waals surface area contributed by atoms with Crippen molar-refractivity contribution in [1.29, 1.82) is 0 Å². The molecule has 7 heteroatoms. The second-order valence-electron chi connectivity index (χ2n) is 5.01. The maximum Gasteiger partial charge on any atom is 0.224 e. The molecule has 0 spiro atoms. The number of carbonyl (C=O) groups excluding carboxylic acids is 1. The molecule has 0 atom stereocenters. The van der Waals surface area contributed by atoms with Crippen LogP contribution in [0.15, 0.2) is 48.0 Å². The van der Waals surface area contributed by atoms with E-state index in [9.17, 15) is 13.6 Å². The number of anilines is 1. The van der Waals surface area contributed by atoms with Crippen LogP contribution in [-0.2, 0) is 11.2 Å². The van der Waals surface area contributed by atoms with Crippen molar-refractivity contribution >= 4 is 22.9 Å². The van der Waals surface area contributed by atoms with Crippen LogP contribution in [-0.4, -0.2) is 15.9 Å². The van der Waals surface area contributed by atoms with Crippen molar-refractivity contribution in [2.24, 2.45) is 0 Å². The average molecular weight is 345 g/mol. The molecule has 1 amide bonds. The Morgan fingerprint density at radius 1 is 1.17 bits per heavy atom. The van der Waals surface area contributed by atoms with Gasteiger partial charge in [0.05, 0.1) is 22.1 Å². The Balaban J connectivity index is 1.58. The van der Waals surface area contributed by atoms with Gasteiger partial charge in [0.15, 0.2) is 0 Å². The molecule has 0 bridgehead atoms. The van der Waals surface area contributed by atoms with E-state index in [4.69, 9.17) is 0 Å². The van der Waals surface area contributed by atoms with E-state index >= 15 is 0 Å². The summed E-state index contributed by atoms with van der Waals surface area (Å²) in [6.07, 6.45) is 2.29. The van der Waals surface area contributed by atoms with E-state index < -0.39 is 11.6 Å². The van der Waals surface area contributed by atoms with Gasteiger partial charge in [0.2, 0.25) is 5.91 Å². The Hall–Kier alpha value is -2.67. The molecule has 0 unspecified atom stereocenters. The first kappa shape index (κ1) is 16.2. The Bertz CT molecular complexity index is 852. The summed E-state index contributed by atoms with van der Waals surface area (Å²) < 4.78 is 26.3. The van der Waals surface area contributed by atoms with E-state index in [1.54, 1.807) is 6.20 Å². The topological polar surface area (TPSA) is 54.9 Å². The molecular weight excluding hydrogens is 332 g/mol. The van der Waals surface area contributed by atoms with Crippen molar-refractivity contribution in [3.63, 3.8) is 0 Å². The number of benzene rings is 1. The number of thiazole rings is 1. The number of halogens is 2. The lowest BCUT2D eigenvalue weighted by molar-refractivity contribution is -0.116. The highest BCUT2D eigenvalue weighted by Gasteiger charge is 2.10. The second-order valence-corrected chi connectivity index (χ2v) is 5.96. The SMILES string of the molecule is O=C(CCc1nc(-c2ccccn2)cs1)Nc1ccc(F)cc1F. The zero-order valence-electron chi connectivity index (χ0n) is 12.5. The summed E-state index contributed by atoms with van der Waals surface area (Å²) in [6, 6.07) is 8.60. The van der Waals surface area contributed by atoms with Gasteiger partial charge in [-0.2, -0.15) is 0 Å². The van der Waals surface area contributed by atoms with E-state index in [1.165, 1.54) is 17.4 Å². The molecule has 0 aliphatic carbocycles. The van der Waals surface area contributed by atoms with Crippen LogP contribution in [0.4, 0.5) is 14.5 Å². The van der Waals surface area contributed by atoms with Crippen molar-refractivity contribution in [3.05, 3.63) is 64.6 Å². The minimum Gasteiger partial charge on any atom is -0.324 e. The molecule has 0 aliphatic heterocycles. The molecule has 0 radical (unpaired) electrons. The fourth-order valence-corrected chi connectivity index (χ4v) is 2.87. The van der Waals surface area contributed by atoms with Gasteiger partial charge in [0.25, 0.3) is 0 Å². The molecule has 2 heterocycles. The fourth-order valence-electron chi connectivity index (χ4n) is 2.08. The zero-order valence-corrected chi connectivity index (χ0v) is 13.3. The number of nitrogens with zero attached hydrogens (tertiary/aromatic N) is 2. The highest BCUT2D eigenvalue weighted by molar-refractivity contribution is 7.09. The van der Waals surface area contributed by atoms with Crippen molar-refractivity contribution in [1.82, 2.24) is 9.97 Å². The van der Waals surface area contributed by atoms with E-state index in [2.05, 4.69) is 15.3 Å². The van der Waals surface area contributed by atoms with Gasteiger partial charge in [0.1, 0.15) is 11.6 Å². The highest BCUT2D eigenvalue weighted by Crippen LogP contribution is 2.21. The number of rotatable bonds is 5. The van der Waals surface area contributed by atoms with Gasteiger partial charge in [-0.15, -0.1) is 11.3 Å². The lowest BCUT2D eigenvalue weighted by Gasteiger charge is -2.05. The quantitative estimate of drug-likeness (QED) is 0.759. The maximum atomic E-state index is 13.5. The molecule has 122 valence electrons. The summed E-state index contributed by atoms with van der Waals surface area (Å²) in [5.74, 6) is -1.83. The molecular formula is C17H13F2N3OS. The van der Waals surface area contributed by atoms with Crippen LogP contribution in [0.1, 0.15) is 11.4 Å². The van der Waals surface area contributed by atoms with Gasteiger partial charge in [-0.25, -0.2) is 13.8 Å². The molecule has 0 saturated heterocycles. The van der Waals surface area contributed by atoms with Crippen LogP contribution in [0.25, 0.3) is 11.4 Å². The standard InChI is InChI=1S/C17H13F2N3OS/c18-11-4-5-13(12(19)9-11)21-16(23)6-7-17-22-15(10-24-17)14-3-1-2-8-20-14/h1-5,8-10H,6-7H2,(H,21,23). The molecule has 1 N–H and O–H groups in total. The van der Waals surface area contributed by atoms with Crippen LogP contribution in [0.3, 0.4) is 0 Å². The second kappa shape index (κ2) is 7.27. The summed E-state index contributed by atoms with van der Waals surface area (Å²) in [5.41, 5.74) is 1.51. The summed E-state index contributed by atoms with van der Waals surface area (Å²) in [5, 5.41) is 5.11. The number of nitrogens with one attached hydrogen (secondary N) is 1. The maximum absolute atomic E-state index is 13.5. The smallest absolute Gasteiger partial charge is 0.224 e. The van der Waals surface area contributed by atoms with Gasteiger partial charge in [-0.3, -0.25) is 9.78 Å². The minimum atomic E-state index is -0.796. The van der Waals surface area contributed by atoms with E-state index in [1.807, 2.05) is 23.6 Å². The monoisotopic (exact) mass is 345 g/mol. The highest BCUT2D eigenvalue weighted by atomic mass is 32.1. The summed E-state index contributed by atoms with van der Waals surface area (Å²) in [7, 11) is 0. The van der Waals surface area contributed by atoms with Crippen LogP contribution >= 0.6 is 11.3 Å². The van der Waals surface area contributed by atoms with E-state index in [0.717, 1.165) is 28.5 Å². The molecule has 24 heavy (non-hydrogen) atoms. The van der Waals surface area contributed by atoms with Crippen LogP contribution < -0.4 is 5.32 Å². The molecule has 0 saturated carbocycles. The van der Waals surface area contributed by atoms with E-state index in [0.29, 0.717) is 6.42 Å². The molecule has 4 nitrogen and oxygen atoms in total. The third kappa shape index (κ3) is 3.99. The summed E-state index contributed by atoms with van der Waals surface area (Å²) in [6.45, 7) is 0. The first-order chi connectivity index (χ1) is 11.6. The first-order valence-corrected chi connectivity index (χ1v) is 8.10. The fraction of sp³-hybridized carbons (Fsp3) is 0.118. The molecule has 3 aromatic rings. The van der Waals surface area contributed by atoms with Crippen LogP contribution in [0, 0.1) is 11.6 Å². The number of carbonyl (C=O) groups is 1. The average Bonchev–Trinajstić information content (AvgIpc) is 3.05. The van der Waals surface area contributed by atoms with Gasteiger partial charge in [0, 0.05) is 30.5 Å². The number of hydrogen-bond donors (Lipinski definition) is 1. The number of amides is 1. The minimum absolute atomic E-state index is 0.0327. The number of aromatic nitrogens is 2. The van der Waals surface area contributed by atoms with Crippen molar-refractivity contribution in [2.45, 2.75) is 12.8 Å². The summed E-state index contributed by atoms with van der Waals surface area (Å²) >= 11 is 1.44. The number of hydrogen-bond acceptors (Lipinski definition) is 4. The van der Waals surface area contributed by atoms with Crippen LogP contribution in [0.2, 0.25) is 0 Å². The largest absolute Gasteiger partial charge is 0.324 e. The van der Waals surface area contributed by atoms with Gasteiger partial charge >= 0.3 is 0 Å². The summed E-state index contributed by atoms with van der Waals surface area (Å²) in [4.78, 5) is 20.6. The lowest BCUT2D eigenvalue weighted by Crippen LogP contribution is -2.13. The number of aryl methyl sites for hydroxylation is 1. The van der Waals surface area contributed by atoms with E-state index in [-0.39, 0.29) is 18.0 Å². The van der Waals surface area contributed by atoms with Gasteiger partial charge in [-0.1, -0.05) is 6.07 Å². The first-order valence-electron chi connectivity index (χ1n) is 7.22. The normalized spacial score (nSPS) is 10.6. The lowest BCUT2D eigenvalue weighted by atomic mass is 10.2. The number of pyridine rings is 1. The van der Waals surface area contributed by atoms with Crippen molar-refractivity contribution < 1.29 is 13.6 Å². The van der Waals surface area contributed by atoms with Gasteiger partial charge in [-0.05, 0) is 24.3 Å². The predicted octanol–water partition coefficient (Wildman–Crippen LogP) is 4.05. The molecule has 3 rings (SSSR count). The Labute approximate surface area is 141 Å². The van der Waals surface area contributed by atoms with Crippen LogP contribution in [0.5, 0.6) is 0 Å². The van der Waals surface area contributed by atoms with Gasteiger partial charge < -0.3 is 5.32 Å². The Morgan fingerprint density at radius 3 is 2.79 bits per heavy atom. The van der Waals surface area contributed by atoms with Crippen molar-refractivity contribution in [2.75, 3.05) is 5.32 Å². The molecule has 0 fully saturated rings. The Kier molecular flexibility index (Phi) is 4.90. The molecule has 2 aromatic heterocycles. The zero-order chi connectivity index (χ0) is 16.9.